The van der Waals surface area contributed by atoms with Crippen molar-refractivity contribution in [3.05, 3.63) is 50.0 Å². The first-order chi connectivity index (χ1) is 26.7. The Hall–Kier alpha value is -3.45. The summed E-state index contributed by atoms with van der Waals surface area (Å²) in [5, 5.41) is 32.5. The van der Waals surface area contributed by atoms with Gasteiger partial charge in [0, 0.05) is 27.1 Å². The van der Waals surface area contributed by atoms with Gasteiger partial charge in [0.2, 0.25) is 0 Å². The van der Waals surface area contributed by atoms with Gasteiger partial charge in [-0.05, 0) is 58.0 Å². The average molecular weight is 857 g/mol. The number of rotatable bonds is 20. The number of aromatic carboxylic acids is 1. The summed E-state index contributed by atoms with van der Waals surface area (Å²) in [6.45, 7) is 14.2. The number of carboxylic acid groups (broad SMARTS) is 1. The standard InChI is InChI=1S/C39H52N6O6S4Si/c1-8-11-16-56(17-12-9-2,18-13-10-3)50-19-25-20-52-33(40-25)26-14-15-27(34-43-29(22-53-34)35-44-30(23-54-35)37(47)48)41-32(26)28-21-55-36(42-28)31(24(4)46)45-38(49)51-39(5,6)7/h14-15,20-24,31,46H,8-13,16-19H2,1-7H3,(H,45,49)(H,47,48)/t24-,31+/m1/s1. The fraction of sp³-hybridized carbons (Fsp3) is 0.513. The molecule has 0 bridgehead atoms. The number of carbonyl (C=O) groups excluding carboxylic acids is 1. The summed E-state index contributed by atoms with van der Waals surface area (Å²) < 4.78 is 12.4. The Morgan fingerprint density at radius 3 is 2.02 bits per heavy atom. The zero-order valence-corrected chi connectivity index (χ0v) is 37.4. The van der Waals surface area contributed by atoms with E-state index in [0.717, 1.165) is 35.5 Å². The maximum absolute atomic E-state index is 12.7. The molecule has 56 heavy (non-hydrogen) atoms. The van der Waals surface area contributed by atoms with Crippen molar-refractivity contribution >= 4 is 65.7 Å². The van der Waals surface area contributed by atoms with Gasteiger partial charge >= 0.3 is 12.1 Å². The van der Waals surface area contributed by atoms with Crippen LogP contribution < -0.4 is 5.32 Å². The number of amides is 1. The number of carbonyl (C=O) groups is 2. The van der Waals surface area contributed by atoms with Crippen molar-refractivity contribution in [2.24, 2.45) is 0 Å². The number of pyridine rings is 1. The normalized spacial score (nSPS) is 13.1. The predicted molar refractivity (Wildman–Crippen MR) is 229 cm³/mol. The Morgan fingerprint density at radius 2 is 1.41 bits per heavy atom. The number of ether oxygens (including phenoxy) is 1. The lowest BCUT2D eigenvalue weighted by Gasteiger charge is -2.31. The molecule has 12 nitrogen and oxygen atoms in total. The van der Waals surface area contributed by atoms with Gasteiger partial charge in [0.25, 0.3) is 0 Å². The zero-order chi connectivity index (χ0) is 40.5. The molecule has 5 heterocycles. The van der Waals surface area contributed by atoms with Gasteiger partial charge in [-0.15, -0.1) is 45.3 Å². The molecule has 5 aromatic rings. The van der Waals surface area contributed by atoms with E-state index in [1.807, 2.05) is 22.9 Å². The second-order valence-electron chi connectivity index (χ2n) is 14.8. The quantitative estimate of drug-likeness (QED) is 0.0637. The van der Waals surface area contributed by atoms with Crippen LogP contribution in [0.1, 0.15) is 114 Å². The van der Waals surface area contributed by atoms with Gasteiger partial charge < -0.3 is 24.7 Å². The van der Waals surface area contributed by atoms with Gasteiger partial charge in [0.05, 0.1) is 24.1 Å². The number of nitrogens with zero attached hydrogens (tertiary/aromatic N) is 5. The number of carboxylic acids is 1. The summed E-state index contributed by atoms with van der Waals surface area (Å²) in [7, 11) is -1.94. The van der Waals surface area contributed by atoms with Gasteiger partial charge in [-0.25, -0.2) is 34.5 Å². The van der Waals surface area contributed by atoms with Crippen molar-refractivity contribution in [2.75, 3.05) is 0 Å². The number of hydrogen-bond donors (Lipinski definition) is 3. The number of alkyl carbamates (subject to hydrolysis) is 1. The highest BCUT2D eigenvalue weighted by Crippen LogP contribution is 2.39. The highest BCUT2D eigenvalue weighted by Gasteiger charge is 2.34. The minimum absolute atomic E-state index is 0.0237. The first-order valence-electron chi connectivity index (χ1n) is 19.1. The van der Waals surface area contributed by atoms with Crippen LogP contribution >= 0.6 is 45.3 Å². The molecule has 0 saturated heterocycles. The van der Waals surface area contributed by atoms with Crippen LogP contribution in [-0.4, -0.2) is 67.2 Å². The van der Waals surface area contributed by atoms with Gasteiger partial charge in [0.15, 0.2) is 14.0 Å². The van der Waals surface area contributed by atoms with E-state index in [0.29, 0.717) is 44.4 Å². The summed E-state index contributed by atoms with van der Waals surface area (Å²) >= 11 is 5.44. The van der Waals surface area contributed by atoms with Gasteiger partial charge in [-0.1, -0.05) is 59.3 Å². The highest BCUT2D eigenvalue weighted by molar-refractivity contribution is 7.15. The van der Waals surface area contributed by atoms with Crippen molar-refractivity contribution in [2.45, 2.75) is 129 Å². The van der Waals surface area contributed by atoms with Crippen LogP contribution in [0.25, 0.3) is 43.4 Å². The maximum atomic E-state index is 12.7. The van der Waals surface area contributed by atoms with Crippen LogP contribution in [0.15, 0.2) is 33.7 Å². The molecule has 0 spiro atoms. The average Bonchev–Trinajstić information content (AvgIpc) is 3.99. The molecular weight excluding hydrogens is 805 g/mol. The zero-order valence-electron chi connectivity index (χ0n) is 33.1. The fourth-order valence-corrected chi connectivity index (χ4v) is 14.1. The molecule has 5 aromatic heterocycles. The third kappa shape index (κ3) is 11.6. The number of aromatic nitrogens is 5. The number of thiazole rings is 4. The third-order valence-electron chi connectivity index (χ3n) is 9.01. The van der Waals surface area contributed by atoms with Crippen LogP contribution in [0.4, 0.5) is 4.79 Å². The Kier molecular flexibility index (Phi) is 15.4. The lowest BCUT2D eigenvalue weighted by atomic mass is 10.1. The molecule has 17 heteroatoms. The van der Waals surface area contributed by atoms with Gasteiger partial charge in [-0.3, -0.25) is 0 Å². The summed E-state index contributed by atoms with van der Waals surface area (Å²) in [5.41, 5.74) is 3.24. The fourth-order valence-electron chi connectivity index (χ4n) is 6.10. The number of hydrogen-bond acceptors (Lipinski definition) is 14. The molecule has 0 fully saturated rings. The van der Waals surface area contributed by atoms with E-state index in [1.165, 1.54) is 88.1 Å². The van der Waals surface area contributed by atoms with Gasteiger partial charge in [0.1, 0.15) is 48.8 Å². The molecule has 3 N–H and O–H groups in total. The molecule has 0 unspecified atom stereocenters. The smallest absolute Gasteiger partial charge is 0.408 e. The van der Waals surface area contributed by atoms with E-state index in [2.05, 4.69) is 36.5 Å². The molecule has 0 radical (unpaired) electrons. The van der Waals surface area contributed by atoms with Crippen molar-refractivity contribution in [1.82, 2.24) is 30.2 Å². The van der Waals surface area contributed by atoms with Crippen molar-refractivity contribution in [3.8, 4) is 43.4 Å². The largest absolute Gasteiger partial charge is 0.476 e. The molecule has 0 aliphatic carbocycles. The van der Waals surface area contributed by atoms with E-state index in [1.54, 1.807) is 27.7 Å². The number of aliphatic hydroxyl groups is 1. The molecule has 0 saturated carbocycles. The van der Waals surface area contributed by atoms with E-state index < -0.39 is 38.1 Å². The lowest BCUT2D eigenvalue weighted by molar-refractivity contribution is 0.0435. The monoisotopic (exact) mass is 856 g/mol. The molecule has 2 atom stereocenters. The molecule has 5 rings (SSSR count). The van der Waals surface area contributed by atoms with E-state index in [-0.39, 0.29) is 5.69 Å². The Morgan fingerprint density at radius 1 is 0.786 bits per heavy atom. The molecule has 0 aromatic carbocycles. The van der Waals surface area contributed by atoms with Crippen LogP contribution in [0, 0.1) is 0 Å². The second-order valence-corrected chi connectivity index (χ2v) is 22.5. The third-order valence-corrected chi connectivity index (χ3v) is 17.1. The Balaban J connectivity index is 1.50. The van der Waals surface area contributed by atoms with E-state index >= 15 is 0 Å². The molecule has 302 valence electrons. The SMILES string of the molecule is CCCC[Si](CCCC)(CCCC)OCc1csc(-c2ccc(-c3nc(-c4nc(C(=O)O)cs4)cs3)nc2-c2csc([C@@H](NC(=O)OC(C)(C)C)[C@@H](C)O)n2)n1. The molecule has 1 amide bonds. The summed E-state index contributed by atoms with van der Waals surface area (Å²) in [6, 6.07) is 6.60. The predicted octanol–water partition coefficient (Wildman–Crippen LogP) is 11.1. The van der Waals surface area contributed by atoms with E-state index in [9.17, 15) is 19.8 Å². The van der Waals surface area contributed by atoms with Crippen LogP contribution in [0.5, 0.6) is 0 Å². The lowest BCUT2D eigenvalue weighted by Crippen LogP contribution is -2.38. The first-order valence-corrected chi connectivity index (χ1v) is 25.2. The first kappa shape index (κ1) is 43.7. The van der Waals surface area contributed by atoms with Crippen molar-refractivity contribution in [3.63, 3.8) is 0 Å². The van der Waals surface area contributed by atoms with Crippen LogP contribution in [0.2, 0.25) is 18.1 Å². The van der Waals surface area contributed by atoms with Crippen LogP contribution in [-0.2, 0) is 15.8 Å². The Bertz CT molecular complexity index is 2030. The van der Waals surface area contributed by atoms with Crippen molar-refractivity contribution < 1.29 is 29.0 Å². The number of nitrogens with one attached hydrogen (secondary N) is 1. The minimum atomic E-state index is -1.94. The summed E-state index contributed by atoms with van der Waals surface area (Å²) in [4.78, 5) is 48.3. The minimum Gasteiger partial charge on any atom is -0.476 e. The van der Waals surface area contributed by atoms with Gasteiger partial charge in [-0.2, -0.15) is 0 Å². The molecule has 0 aliphatic heterocycles. The Labute approximate surface area is 346 Å². The summed E-state index contributed by atoms with van der Waals surface area (Å²) in [6.07, 6.45) is 5.45. The molecular formula is C39H52N6O6S4Si. The van der Waals surface area contributed by atoms with E-state index in [4.69, 9.17) is 29.1 Å². The number of unbranched alkanes of at least 4 members (excludes halogenated alkanes) is 3. The number of aliphatic hydroxyl groups excluding tert-OH is 1. The second kappa shape index (κ2) is 19.8. The van der Waals surface area contributed by atoms with Crippen LogP contribution in [0.3, 0.4) is 0 Å². The topological polar surface area (TPSA) is 170 Å². The molecule has 0 aliphatic rings. The summed E-state index contributed by atoms with van der Waals surface area (Å²) in [5.74, 6) is -1.09. The highest BCUT2D eigenvalue weighted by atomic mass is 32.1. The van der Waals surface area contributed by atoms with Crippen molar-refractivity contribution in [1.29, 1.82) is 0 Å². The maximum Gasteiger partial charge on any atom is 0.408 e.